The Bertz CT molecular complexity index is 890. The van der Waals surface area contributed by atoms with Crippen LogP contribution in [-0.2, 0) is 11.3 Å². The molecule has 0 radical (unpaired) electrons. The number of ether oxygens (including phenoxy) is 1. The largest absolute Gasteiger partial charge is 0.484 e. The fourth-order valence-corrected chi connectivity index (χ4v) is 3.22. The van der Waals surface area contributed by atoms with E-state index in [1.807, 2.05) is 24.3 Å². The first-order chi connectivity index (χ1) is 14.0. The average molecular weight is 394 g/mol. The molecule has 0 N–H and O–H groups in total. The van der Waals surface area contributed by atoms with Gasteiger partial charge in [0, 0.05) is 44.9 Å². The average Bonchev–Trinajstić information content (AvgIpc) is 2.98. The van der Waals surface area contributed by atoms with E-state index in [0.717, 1.165) is 31.6 Å². The highest BCUT2D eigenvalue weighted by atomic mass is 16.6. The maximum atomic E-state index is 12.5. The van der Waals surface area contributed by atoms with E-state index in [-0.39, 0.29) is 18.2 Å². The summed E-state index contributed by atoms with van der Waals surface area (Å²) in [5, 5.41) is 19.6. The van der Waals surface area contributed by atoms with Gasteiger partial charge in [0.25, 0.3) is 11.6 Å². The van der Waals surface area contributed by atoms with E-state index in [0.29, 0.717) is 24.4 Å². The maximum absolute atomic E-state index is 12.5. The molecule has 0 aliphatic carbocycles. The summed E-state index contributed by atoms with van der Waals surface area (Å²) < 4.78 is 5.49. The van der Waals surface area contributed by atoms with Crippen LogP contribution >= 0.6 is 0 Å². The molecule has 2 aromatic rings. The van der Waals surface area contributed by atoms with Crippen molar-refractivity contribution in [3.8, 4) is 11.8 Å². The van der Waals surface area contributed by atoms with E-state index in [2.05, 4.69) is 11.0 Å². The predicted molar refractivity (Wildman–Crippen MR) is 106 cm³/mol. The topological polar surface area (TPSA) is 99.7 Å². The van der Waals surface area contributed by atoms with Crippen molar-refractivity contribution in [3.05, 3.63) is 69.8 Å². The second-order valence-electron chi connectivity index (χ2n) is 6.86. The van der Waals surface area contributed by atoms with E-state index in [9.17, 15) is 14.9 Å². The van der Waals surface area contributed by atoms with Gasteiger partial charge in [-0.25, -0.2) is 0 Å². The molecule has 1 aliphatic rings. The van der Waals surface area contributed by atoms with E-state index in [1.165, 1.54) is 24.3 Å². The third-order valence-corrected chi connectivity index (χ3v) is 4.84. The fourth-order valence-electron chi connectivity index (χ4n) is 3.22. The first-order valence-electron chi connectivity index (χ1n) is 9.41. The van der Waals surface area contributed by atoms with Gasteiger partial charge in [-0.2, -0.15) is 5.26 Å². The minimum atomic E-state index is -0.476. The second-order valence-corrected chi connectivity index (χ2v) is 6.86. The highest BCUT2D eigenvalue weighted by Gasteiger charge is 2.19. The van der Waals surface area contributed by atoms with Gasteiger partial charge in [0.1, 0.15) is 5.75 Å². The molecule has 2 aromatic carbocycles. The highest BCUT2D eigenvalue weighted by molar-refractivity contribution is 5.77. The quantitative estimate of drug-likeness (QED) is 0.551. The molecular weight excluding hydrogens is 372 g/mol. The summed E-state index contributed by atoms with van der Waals surface area (Å²) in [5.74, 6) is 0.338. The summed E-state index contributed by atoms with van der Waals surface area (Å²) in [6.07, 6.45) is 0.875. The lowest BCUT2D eigenvalue weighted by Gasteiger charge is -2.22. The third kappa shape index (κ3) is 5.77. The number of nitrogens with zero attached hydrogens (tertiary/aromatic N) is 4. The molecule has 8 nitrogen and oxygen atoms in total. The number of hydrogen-bond acceptors (Lipinski definition) is 6. The Morgan fingerprint density at radius 2 is 1.79 bits per heavy atom. The highest BCUT2D eigenvalue weighted by Crippen LogP contribution is 2.17. The lowest BCUT2D eigenvalue weighted by Crippen LogP contribution is -2.38. The standard InChI is InChI=1S/C21H22N4O4/c22-14-17-2-4-18(5-3-17)15-23-10-1-11-24(13-12-23)21(26)16-29-20-8-6-19(7-9-20)25(27)28/h2-9H,1,10-13,15-16H2. The molecule has 0 atom stereocenters. The molecule has 0 aromatic heterocycles. The minimum absolute atomic E-state index is 0.0152. The molecular formula is C21H22N4O4. The van der Waals surface area contributed by atoms with Gasteiger partial charge in [0.15, 0.2) is 6.61 Å². The van der Waals surface area contributed by atoms with E-state index in [4.69, 9.17) is 10.00 Å². The van der Waals surface area contributed by atoms with Crippen LogP contribution < -0.4 is 4.74 Å². The van der Waals surface area contributed by atoms with Crippen molar-refractivity contribution >= 4 is 11.6 Å². The molecule has 1 saturated heterocycles. The Morgan fingerprint density at radius 3 is 2.45 bits per heavy atom. The first kappa shape index (κ1) is 20.3. The van der Waals surface area contributed by atoms with Gasteiger partial charge in [-0.15, -0.1) is 0 Å². The van der Waals surface area contributed by atoms with Gasteiger partial charge in [-0.05, 0) is 36.2 Å². The van der Waals surface area contributed by atoms with Crippen LogP contribution in [0.15, 0.2) is 48.5 Å². The molecule has 150 valence electrons. The number of non-ortho nitro benzene ring substituents is 1. The molecule has 1 heterocycles. The molecule has 0 bridgehead atoms. The molecule has 29 heavy (non-hydrogen) atoms. The van der Waals surface area contributed by atoms with Crippen molar-refractivity contribution in [2.24, 2.45) is 0 Å². The summed E-state index contributed by atoms with van der Waals surface area (Å²) >= 11 is 0. The van der Waals surface area contributed by atoms with Crippen LogP contribution in [0, 0.1) is 21.4 Å². The number of nitro groups is 1. The Balaban J connectivity index is 1.47. The van der Waals surface area contributed by atoms with Crippen molar-refractivity contribution in [2.45, 2.75) is 13.0 Å². The Labute approximate surface area is 169 Å². The number of nitro benzene ring substituents is 1. The van der Waals surface area contributed by atoms with Crippen molar-refractivity contribution in [1.82, 2.24) is 9.80 Å². The molecule has 1 fully saturated rings. The van der Waals surface area contributed by atoms with Gasteiger partial charge in [-0.1, -0.05) is 12.1 Å². The number of hydrogen-bond donors (Lipinski definition) is 0. The number of carbonyl (C=O) groups excluding carboxylic acids is 1. The lowest BCUT2D eigenvalue weighted by atomic mass is 10.1. The predicted octanol–water partition coefficient (Wildman–Crippen LogP) is 2.58. The minimum Gasteiger partial charge on any atom is -0.484 e. The van der Waals surface area contributed by atoms with Gasteiger partial charge in [-0.3, -0.25) is 19.8 Å². The first-order valence-corrected chi connectivity index (χ1v) is 9.41. The molecule has 1 aliphatic heterocycles. The van der Waals surface area contributed by atoms with E-state index >= 15 is 0 Å². The second kappa shape index (κ2) is 9.66. The van der Waals surface area contributed by atoms with Crippen LogP contribution in [-0.4, -0.2) is 53.4 Å². The zero-order chi connectivity index (χ0) is 20.6. The number of nitriles is 1. The molecule has 1 amide bonds. The van der Waals surface area contributed by atoms with Crippen LogP contribution in [0.3, 0.4) is 0 Å². The van der Waals surface area contributed by atoms with Crippen LogP contribution in [0.1, 0.15) is 17.5 Å². The van der Waals surface area contributed by atoms with Crippen molar-refractivity contribution in [3.63, 3.8) is 0 Å². The van der Waals surface area contributed by atoms with Crippen LogP contribution in [0.5, 0.6) is 5.75 Å². The van der Waals surface area contributed by atoms with E-state index < -0.39 is 4.92 Å². The number of benzene rings is 2. The zero-order valence-corrected chi connectivity index (χ0v) is 16.0. The van der Waals surface area contributed by atoms with Gasteiger partial charge in [0.05, 0.1) is 16.6 Å². The maximum Gasteiger partial charge on any atom is 0.269 e. The van der Waals surface area contributed by atoms with Crippen LogP contribution in [0.4, 0.5) is 5.69 Å². The summed E-state index contributed by atoms with van der Waals surface area (Å²) in [7, 11) is 0. The Hall–Kier alpha value is -3.44. The molecule has 3 rings (SSSR count). The molecule has 0 saturated carbocycles. The summed E-state index contributed by atoms with van der Waals surface area (Å²) in [4.78, 5) is 26.8. The van der Waals surface area contributed by atoms with Crippen LogP contribution in [0.25, 0.3) is 0 Å². The third-order valence-electron chi connectivity index (χ3n) is 4.84. The van der Waals surface area contributed by atoms with Crippen molar-refractivity contribution in [1.29, 1.82) is 5.26 Å². The van der Waals surface area contributed by atoms with Crippen molar-refractivity contribution in [2.75, 3.05) is 32.8 Å². The van der Waals surface area contributed by atoms with Gasteiger partial charge < -0.3 is 9.64 Å². The number of rotatable bonds is 6. The smallest absolute Gasteiger partial charge is 0.269 e. The van der Waals surface area contributed by atoms with Gasteiger partial charge >= 0.3 is 0 Å². The summed E-state index contributed by atoms with van der Waals surface area (Å²) in [6.45, 7) is 3.65. The van der Waals surface area contributed by atoms with E-state index in [1.54, 1.807) is 4.90 Å². The summed E-state index contributed by atoms with van der Waals surface area (Å²) in [6, 6.07) is 15.4. The van der Waals surface area contributed by atoms with Gasteiger partial charge in [0.2, 0.25) is 0 Å². The summed E-state index contributed by atoms with van der Waals surface area (Å²) in [5.41, 5.74) is 1.78. The SMILES string of the molecule is N#Cc1ccc(CN2CCCN(C(=O)COc3ccc([N+](=O)[O-])cc3)CC2)cc1. The Morgan fingerprint density at radius 1 is 1.07 bits per heavy atom. The molecule has 0 spiro atoms. The normalized spacial score (nSPS) is 14.7. The lowest BCUT2D eigenvalue weighted by molar-refractivity contribution is -0.384. The molecule has 0 unspecified atom stereocenters. The zero-order valence-electron chi connectivity index (χ0n) is 16.0. The van der Waals surface area contributed by atoms with Crippen LogP contribution in [0.2, 0.25) is 0 Å². The fraction of sp³-hybridized carbons (Fsp3) is 0.333. The number of carbonyl (C=O) groups is 1. The monoisotopic (exact) mass is 394 g/mol. The molecule has 8 heteroatoms. The van der Waals surface area contributed by atoms with Crippen molar-refractivity contribution < 1.29 is 14.5 Å². The number of amides is 1. The Kier molecular flexibility index (Phi) is 6.76.